The highest BCUT2D eigenvalue weighted by atomic mass is 16.5. The number of rotatable bonds is 10. The Morgan fingerprint density at radius 1 is 0.909 bits per heavy atom. The van der Waals surface area contributed by atoms with Crippen molar-refractivity contribution in [3.63, 3.8) is 0 Å². The summed E-state index contributed by atoms with van der Waals surface area (Å²) in [6.45, 7) is 4.68. The van der Waals surface area contributed by atoms with E-state index in [0.29, 0.717) is 54.2 Å². The molecular formula is C35H41N3O6. The van der Waals surface area contributed by atoms with E-state index in [1.165, 1.54) is 0 Å². The number of ether oxygens (including phenoxy) is 4. The number of hydrogen-bond acceptors (Lipinski definition) is 8. The first-order valence-electron chi connectivity index (χ1n) is 14.8. The second-order valence-electron chi connectivity index (χ2n) is 11.9. The number of hydrogen-bond donors (Lipinski definition) is 2. The van der Waals surface area contributed by atoms with Gasteiger partial charge in [-0.05, 0) is 60.2 Å². The van der Waals surface area contributed by atoms with Crippen LogP contribution >= 0.6 is 0 Å². The molecule has 0 saturated carbocycles. The summed E-state index contributed by atoms with van der Waals surface area (Å²) in [5.41, 5.74) is 4.68. The third kappa shape index (κ3) is 6.18. The minimum absolute atomic E-state index is 0.0108. The molecule has 9 heteroatoms. The standard InChI is InChI=1S/C35H41N3O6/c1-35(2)19-26-31(28(39)20-35)32(24-15-16-29(42-4)34(44-6)33(24)43-5)38(27-10-8-7-9-25(27)37-26)21-30(40)36-18-17-22-11-13-23(41-3)14-12-22/h7-16,32,37H,17-21H2,1-6H3,(H,36,40). The van der Waals surface area contributed by atoms with Gasteiger partial charge in [-0.3, -0.25) is 9.59 Å². The molecule has 1 unspecified atom stereocenters. The molecule has 5 rings (SSSR count). The van der Waals surface area contributed by atoms with Gasteiger partial charge in [0.25, 0.3) is 0 Å². The second kappa shape index (κ2) is 12.9. The Morgan fingerprint density at radius 2 is 1.64 bits per heavy atom. The van der Waals surface area contributed by atoms with Crippen LogP contribution in [0.3, 0.4) is 0 Å². The summed E-state index contributed by atoms with van der Waals surface area (Å²) in [5.74, 6) is 2.04. The topological polar surface area (TPSA) is 98.4 Å². The molecule has 9 nitrogen and oxygen atoms in total. The van der Waals surface area contributed by atoms with Crippen molar-refractivity contribution in [1.82, 2.24) is 5.32 Å². The van der Waals surface area contributed by atoms with E-state index in [1.54, 1.807) is 28.4 Å². The van der Waals surface area contributed by atoms with Crippen LogP contribution in [0, 0.1) is 5.41 Å². The maximum absolute atomic E-state index is 14.1. The fourth-order valence-electron chi connectivity index (χ4n) is 6.24. The number of Topliss-reactive ketones (excluding diaryl/α,β-unsaturated/α-hetero) is 1. The zero-order valence-corrected chi connectivity index (χ0v) is 26.3. The van der Waals surface area contributed by atoms with E-state index in [0.717, 1.165) is 28.4 Å². The van der Waals surface area contributed by atoms with Crippen LogP contribution in [-0.2, 0) is 16.0 Å². The van der Waals surface area contributed by atoms with Gasteiger partial charge in [0.1, 0.15) is 5.75 Å². The molecule has 3 aromatic carbocycles. The highest BCUT2D eigenvalue weighted by Crippen LogP contribution is 2.52. The molecule has 1 heterocycles. The zero-order chi connectivity index (χ0) is 31.4. The van der Waals surface area contributed by atoms with E-state index in [1.807, 2.05) is 65.6 Å². The predicted octanol–water partition coefficient (Wildman–Crippen LogP) is 5.70. The largest absolute Gasteiger partial charge is 0.497 e. The minimum atomic E-state index is -0.633. The molecule has 1 atom stereocenters. The summed E-state index contributed by atoms with van der Waals surface area (Å²) in [4.78, 5) is 29.7. The van der Waals surface area contributed by atoms with Crippen molar-refractivity contribution in [2.24, 2.45) is 5.41 Å². The number of benzene rings is 3. The van der Waals surface area contributed by atoms with Gasteiger partial charge in [0, 0.05) is 29.8 Å². The fourth-order valence-corrected chi connectivity index (χ4v) is 6.24. The number of carbonyl (C=O) groups excluding carboxylic acids is 2. The van der Waals surface area contributed by atoms with Crippen molar-refractivity contribution in [3.05, 3.63) is 83.1 Å². The highest BCUT2D eigenvalue weighted by Gasteiger charge is 2.43. The quantitative estimate of drug-likeness (QED) is 0.307. The normalized spacial score (nSPS) is 17.1. The van der Waals surface area contributed by atoms with E-state index in [4.69, 9.17) is 18.9 Å². The van der Waals surface area contributed by atoms with E-state index < -0.39 is 6.04 Å². The monoisotopic (exact) mass is 599 g/mol. The lowest BCUT2D eigenvalue weighted by atomic mass is 9.73. The van der Waals surface area contributed by atoms with Crippen LogP contribution in [0.1, 0.15) is 43.9 Å². The maximum Gasteiger partial charge on any atom is 0.239 e. The number of anilines is 2. The zero-order valence-electron chi connectivity index (χ0n) is 26.3. The van der Waals surface area contributed by atoms with Crippen LogP contribution in [0.5, 0.6) is 23.0 Å². The Bertz CT molecular complexity index is 1560. The van der Waals surface area contributed by atoms with Crippen molar-refractivity contribution in [2.45, 2.75) is 39.2 Å². The summed E-state index contributed by atoms with van der Waals surface area (Å²) < 4.78 is 22.5. The van der Waals surface area contributed by atoms with E-state index in [2.05, 4.69) is 24.5 Å². The maximum atomic E-state index is 14.1. The lowest BCUT2D eigenvalue weighted by molar-refractivity contribution is -0.120. The molecular weight excluding hydrogens is 558 g/mol. The van der Waals surface area contributed by atoms with Crippen LogP contribution in [0.15, 0.2) is 71.9 Å². The molecule has 1 aliphatic heterocycles. The summed E-state index contributed by atoms with van der Waals surface area (Å²) >= 11 is 0. The Balaban J connectivity index is 1.57. The van der Waals surface area contributed by atoms with E-state index in [9.17, 15) is 9.59 Å². The van der Waals surface area contributed by atoms with Gasteiger partial charge >= 0.3 is 0 Å². The SMILES string of the molecule is COc1ccc(CCNC(=O)CN2c3ccccc3NC3=C(C(=O)CC(C)(C)C3)C2c2ccc(OC)c(OC)c2OC)cc1. The van der Waals surface area contributed by atoms with Crippen LogP contribution < -0.4 is 34.5 Å². The average molecular weight is 600 g/mol. The third-order valence-electron chi connectivity index (χ3n) is 8.24. The van der Waals surface area contributed by atoms with Crippen molar-refractivity contribution in [3.8, 4) is 23.0 Å². The van der Waals surface area contributed by atoms with Crippen molar-refractivity contribution < 1.29 is 28.5 Å². The summed E-state index contributed by atoms with van der Waals surface area (Å²) in [5, 5.41) is 6.68. The molecule has 2 aliphatic rings. The van der Waals surface area contributed by atoms with E-state index >= 15 is 0 Å². The van der Waals surface area contributed by atoms with Gasteiger partial charge in [-0.25, -0.2) is 0 Å². The average Bonchev–Trinajstić information content (AvgIpc) is 3.14. The Morgan fingerprint density at radius 3 is 2.32 bits per heavy atom. The first-order chi connectivity index (χ1) is 21.2. The predicted molar refractivity (Wildman–Crippen MR) is 171 cm³/mol. The summed E-state index contributed by atoms with van der Waals surface area (Å²) in [6, 6.07) is 18.7. The molecule has 0 fully saturated rings. The van der Waals surface area contributed by atoms with Crippen LogP contribution in [0.4, 0.5) is 11.4 Å². The van der Waals surface area contributed by atoms with Gasteiger partial charge < -0.3 is 34.5 Å². The lowest BCUT2D eigenvalue weighted by Crippen LogP contribution is -2.42. The number of ketones is 1. The van der Waals surface area contributed by atoms with Crippen molar-refractivity contribution in [1.29, 1.82) is 0 Å². The number of fused-ring (bicyclic) bond motifs is 1. The first kappa shape index (κ1) is 30.8. The number of amides is 1. The Hall–Kier alpha value is -4.66. The molecule has 3 aromatic rings. The van der Waals surface area contributed by atoms with Gasteiger partial charge in [0.05, 0.1) is 52.4 Å². The smallest absolute Gasteiger partial charge is 0.239 e. The van der Waals surface area contributed by atoms with Gasteiger partial charge in [-0.2, -0.15) is 0 Å². The Kier molecular flexibility index (Phi) is 9.04. The molecule has 2 N–H and O–H groups in total. The second-order valence-corrected chi connectivity index (χ2v) is 11.9. The summed E-state index contributed by atoms with van der Waals surface area (Å²) in [6.07, 6.45) is 1.73. The molecule has 0 radical (unpaired) electrons. The molecule has 0 aromatic heterocycles. The van der Waals surface area contributed by atoms with Crippen molar-refractivity contribution >= 4 is 23.1 Å². The van der Waals surface area contributed by atoms with Crippen LogP contribution in [0.2, 0.25) is 0 Å². The third-order valence-corrected chi connectivity index (χ3v) is 8.24. The number of nitrogens with zero attached hydrogens (tertiary/aromatic N) is 1. The van der Waals surface area contributed by atoms with Gasteiger partial charge in [0.2, 0.25) is 11.7 Å². The van der Waals surface area contributed by atoms with E-state index in [-0.39, 0.29) is 23.7 Å². The fraction of sp³-hybridized carbons (Fsp3) is 0.371. The molecule has 44 heavy (non-hydrogen) atoms. The molecule has 0 saturated heterocycles. The number of methoxy groups -OCH3 is 4. The molecule has 1 amide bonds. The highest BCUT2D eigenvalue weighted by molar-refractivity contribution is 6.02. The number of carbonyl (C=O) groups is 2. The molecule has 0 bridgehead atoms. The summed E-state index contributed by atoms with van der Waals surface area (Å²) in [7, 11) is 6.33. The van der Waals surface area contributed by atoms with Crippen LogP contribution in [-0.4, -0.2) is 53.2 Å². The molecule has 0 spiro atoms. The number of nitrogens with one attached hydrogen (secondary N) is 2. The van der Waals surface area contributed by atoms with Crippen molar-refractivity contribution in [2.75, 3.05) is 51.7 Å². The van der Waals surface area contributed by atoms with Gasteiger partial charge in [-0.1, -0.05) is 38.1 Å². The molecule has 1 aliphatic carbocycles. The number of para-hydroxylation sites is 2. The molecule has 232 valence electrons. The number of allylic oxidation sites excluding steroid dienone is 1. The van der Waals surface area contributed by atoms with Crippen LogP contribution in [0.25, 0.3) is 0 Å². The lowest BCUT2D eigenvalue weighted by Gasteiger charge is -2.38. The minimum Gasteiger partial charge on any atom is -0.497 e. The van der Waals surface area contributed by atoms with Gasteiger partial charge in [0.15, 0.2) is 17.3 Å². The van der Waals surface area contributed by atoms with Gasteiger partial charge in [-0.15, -0.1) is 0 Å². The first-order valence-corrected chi connectivity index (χ1v) is 14.8. The Labute approximate surface area is 259 Å².